The van der Waals surface area contributed by atoms with Crippen LogP contribution < -0.4 is 16.6 Å². The van der Waals surface area contributed by atoms with E-state index in [0.717, 1.165) is 14.8 Å². The van der Waals surface area contributed by atoms with Gasteiger partial charge in [0.2, 0.25) is 5.69 Å². The van der Waals surface area contributed by atoms with Crippen molar-refractivity contribution in [2.75, 3.05) is 0 Å². The van der Waals surface area contributed by atoms with Crippen LogP contribution in [0.15, 0.2) is 58.1 Å². The van der Waals surface area contributed by atoms with Gasteiger partial charge >= 0.3 is 5.69 Å². The Balaban J connectivity index is 2.22. The van der Waals surface area contributed by atoms with Crippen LogP contribution in [0.5, 0.6) is 0 Å². The minimum Gasteiger partial charge on any atom is -0.348 e. The molecule has 8 heteroatoms. The number of aromatic nitrogens is 3. The lowest BCUT2D eigenvalue weighted by atomic mass is 10.2. The van der Waals surface area contributed by atoms with E-state index in [1.165, 1.54) is 0 Å². The summed E-state index contributed by atoms with van der Waals surface area (Å²) in [6, 6.07) is 13.9. The Morgan fingerprint density at radius 3 is 2.57 bits per heavy atom. The van der Waals surface area contributed by atoms with Crippen molar-refractivity contribution in [1.82, 2.24) is 19.7 Å². The van der Waals surface area contributed by atoms with E-state index in [4.69, 9.17) is 11.6 Å². The summed E-state index contributed by atoms with van der Waals surface area (Å²) < 4.78 is 2.07. The number of benzene rings is 2. The molecule has 2 aromatic carbocycles. The molecular formula is C22H23ClN4O3. The molecule has 1 heterocycles. The predicted molar refractivity (Wildman–Crippen MR) is 117 cm³/mol. The van der Waals surface area contributed by atoms with Gasteiger partial charge in [0.05, 0.1) is 12.2 Å². The van der Waals surface area contributed by atoms with Crippen molar-refractivity contribution >= 4 is 17.5 Å². The molecule has 1 atom stereocenters. The minimum absolute atomic E-state index is 0.0741. The van der Waals surface area contributed by atoms with Crippen LogP contribution in [0.2, 0.25) is 5.02 Å². The zero-order valence-corrected chi connectivity index (χ0v) is 17.8. The van der Waals surface area contributed by atoms with Crippen LogP contribution in [0, 0.1) is 6.92 Å². The number of halogens is 1. The second kappa shape index (κ2) is 9.09. The zero-order valence-electron chi connectivity index (χ0n) is 17.1. The van der Waals surface area contributed by atoms with Gasteiger partial charge in [0.25, 0.3) is 11.5 Å². The molecule has 0 aliphatic rings. The Kier molecular flexibility index (Phi) is 6.52. The third-order valence-electron chi connectivity index (χ3n) is 4.80. The lowest BCUT2D eigenvalue weighted by Gasteiger charge is -2.15. The third-order valence-corrected chi connectivity index (χ3v) is 5.17. The number of aryl methyl sites for hydroxylation is 1. The molecule has 0 fully saturated rings. The molecule has 0 aliphatic carbocycles. The smallest absolute Gasteiger partial charge is 0.348 e. The number of nitrogens with one attached hydrogen (secondary N) is 1. The van der Waals surface area contributed by atoms with E-state index >= 15 is 0 Å². The number of nitrogens with zero attached hydrogens (tertiary/aromatic N) is 3. The van der Waals surface area contributed by atoms with Crippen LogP contribution in [-0.4, -0.2) is 26.3 Å². The molecule has 0 spiro atoms. The van der Waals surface area contributed by atoms with Crippen molar-refractivity contribution in [2.45, 2.75) is 39.8 Å². The molecule has 0 unspecified atom stereocenters. The lowest BCUT2D eigenvalue weighted by molar-refractivity contribution is 0.0929. The Labute approximate surface area is 178 Å². The largest absolute Gasteiger partial charge is 0.352 e. The van der Waals surface area contributed by atoms with Gasteiger partial charge in [0, 0.05) is 11.1 Å². The molecule has 3 aromatic rings. The number of hydrogen-bond acceptors (Lipinski definition) is 4. The Morgan fingerprint density at radius 2 is 1.90 bits per heavy atom. The van der Waals surface area contributed by atoms with Gasteiger partial charge in [-0.2, -0.15) is 9.78 Å². The maximum absolute atomic E-state index is 13.2. The Bertz CT molecular complexity index is 1200. The van der Waals surface area contributed by atoms with Gasteiger partial charge in [-0.05, 0) is 49.6 Å². The normalized spacial score (nSPS) is 11.9. The van der Waals surface area contributed by atoms with Gasteiger partial charge in [-0.1, -0.05) is 48.9 Å². The molecule has 156 valence electrons. The van der Waals surface area contributed by atoms with Crippen LogP contribution >= 0.6 is 11.6 Å². The average molecular weight is 427 g/mol. The molecule has 0 radical (unpaired) electrons. The van der Waals surface area contributed by atoms with Crippen LogP contribution in [0.25, 0.3) is 5.69 Å². The van der Waals surface area contributed by atoms with Gasteiger partial charge in [-0.15, -0.1) is 0 Å². The summed E-state index contributed by atoms with van der Waals surface area (Å²) in [4.78, 5) is 38.9. The zero-order chi connectivity index (χ0) is 21.8. The van der Waals surface area contributed by atoms with Crippen LogP contribution in [-0.2, 0) is 6.54 Å². The number of amides is 1. The monoisotopic (exact) mass is 426 g/mol. The van der Waals surface area contributed by atoms with E-state index in [1.807, 2.05) is 26.8 Å². The Hall–Kier alpha value is -3.19. The van der Waals surface area contributed by atoms with Crippen LogP contribution in [0.4, 0.5) is 0 Å². The first-order chi connectivity index (χ1) is 14.3. The van der Waals surface area contributed by atoms with Gasteiger partial charge in [0.1, 0.15) is 0 Å². The van der Waals surface area contributed by atoms with E-state index in [-0.39, 0.29) is 18.3 Å². The second-order valence-electron chi connectivity index (χ2n) is 7.15. The summed E-state index contributed by atoms with van der Waals surface area (Å²) in [5.74, 6) is -0.622. The highest BCUT2D eigenvalue weighted by atomic mass is 35.5. The first-order valence-corrected chi connectivity index (χ1v) is 10.0. The van der Waals surface area contributed by atoms with E-state index in [1.54, 1.807) is 42.5 Å². The summed E-state index contributed by atoms with van der Waals surface area (Å²) in [7, 11) is 0. The van der Waals surface area contributed by atoms with E-state index < -0.39 is 17.2 Å². The van der Waals surface area contributed by atoms with Crippen molar-refractivity contribution < 1.29 is 4.79 Å². The molecule has 0 saturated carbocycles. The molecule has 30 heavy (non-hydrogen) atoms. The molecule has 0 saturated heterocycles. The predicted octanol–water partition coefficient (Wildman–Crippen LogP) is 2.93. The molecular weight excluding hydrogens is 404 g/mol. The van der Waals surface area contributed by atoms with Crippen LogP contribution in [0.1, 0.15) is 41.9 Å². The van der Waals surface area contributed by atoms with Gasteiger partial charge < -0.3 is 5.32 Å². The van der Waals surface area contributed by atoms with E-state index in [9.17, 15) is 14.4 Å². The van der Waals surface area contributed by atoms with Crippen LogP contribution in [0.3, 0.4) is 0 Å². The number of carbonyl (C=O) groups is 1. The first kappa shape index (κ1) is 21.5. The van der Waals surface area contributed by atoms with Crippen molar-refractivity contribution in [3.8, 4) is 5.69 Å². The molecule has 1 amide bonds. The molecule has 1 aromatic heterocycles. The van der Waals surface area contributed by atoms with Crippen molar-refractivity contribution in [1.29, 1.82) is 0 Å². The van der Waals surface area contributed by atoms with Crippen molar-refractivity contribution in [2.24, 2.45) is 0 Å². The molecule has 1 N–H and O–H groups in total. The lowest BCUT2D eigenvalue weighted by Crippen LogP contribution is -2.47. The number of hydrogen-bond donors (Lipinski definition) is 1. The highest BCUT2D eigenvalue weighted by molar-refractivity contribution is 6.31. The molecule has 7 nitrogen and oxygen atoms in total. The highest BCUT2D eigenvalue weighted by Gasteiger charge is 2.21. The van der Waals surface area contributed by atoms with Gasteiger partial charge in [-0.3, -0.25) is 14.2 Å². The summed E-state index contributed by atoms with van der Waals surface area (Å²) in [6.45, 7) is 5.55. The maximum Gasteiger partial charge on any atom is 0.352 e. The van der Waals surface area contributed by atoms with Crippen molar-refractivity contribution in [3.63, 3.8) is 0 Å². The standard InChI is InChI=1S/C22H23ClN4O3/c1-4-15(3)24-20(28)19-21(29)26(13-16-9-5-6-11-18(16)23)22(30)27(25-19)17-10-7-8-14(2)12-17/h5-12,15H,4,13H2,1-3H3,(H,24,28)/t15-/m0/s1. The van der Waals surface area contributed by atoms with Gasteiger partial charge in [-0.25, -0.2) is 4.79 Å². The van der Waals surface area contributed by atoms with E-state index in [2.05, 4.69) is 10.4 Å². The average Bonchev–Trinajstić information content (AvgIpc) is 2.72. The minimum atomic E-state index is -0.760. The fourth-order valence-corrected chi connectivity index (χ4v) is 3.11. The summed E-state index contributed by atoms with van der Waals surface area (Å²) >= 11 is 6.23. The molecule has 0 aliphatic heterocycles. The summed E-state index contributed by atoms with van der Waals surface area (Å²) in [6.07, 6.45) is 0.692. The fourth-order valence-electron chi connectivity index (χ4n) is 2.92. The SMILES string of the molecule is CC[C@H](C)NC(=O)c1nn(-c2cccc(C)c2)c(=O)n(Cc2ccccc2Cl)c1=O. The number of carbonyl (C=O) groups excluding carboxylic acids is 1. The Morgan fingerprint density at radius 1 is 1.17 bits per heavy atom. The highest BCUT2D eigenvalue weighted by Crippen LogP contribution is 2.15. The summed E-state index contributed by atoms with van der Waals surface area (Å²) in [5.41, 5.74) is 0.216. The quantitative estimate of drug-likeness (QED) is 0.656. The first-order valence-electron chi connectivity index (χ1n) is 9.67. The van der Waals surface area contributed by atoms with Gasteiger partial charge in [0.15, 0.2) is 0 Å². The second-order valence-corrected chi connectivity index (χ2v) is 7.55. The summed E-state index contributed by atoms with van der Waals surface area (Å²) in [5, 5.41) is 7.29. The molecule has 3 rings (SSSR count). The third kappa shape index (κ3) is 4.52. The molecule has 0 bridgehead atoms. The topological polar surface area (TPSA) is 86.0 Å². The maximum atomic E-state index is 13.2. The van der Waals surface area contributed by atoms with E-state index in [0.29, 0.717) is 22.7 Å². The fraction of sp³-hybridized carbons (Fsp3) is 0.273. The van der Waals surface area contributed by atoms with Crippen molar-refractivity contribution in [3.05, 3.63) is 91.2 Å². The number of rotatable bonds is 6.